The van der Waals surface area contributed by atoms with E-state index in [1.807, 2.05) is 22.3 Å². The van der Waals surface area contributed by atoms with Crippen molar-refractivity contribution in [2.75, 3.05) is 0 Å². The number of fused-ring (bicyclic) bond motifs is 2. The van der Waals surface area contributed by atoms with Crippen LogP contribution in [-0.2, 0) is 11.5 Å². The Hall–Kier alpha value is -1.03. The molecule has 0 spiro atoms. The number of nitrogens with zero attached hydrogens (tertiary/aromatic N) is 3. The van der Waals surface area contributed by atoms with Crippen molar-refractivity contribution >= 4 is 17.4 Å². The molecule has 2 aromatic heterocycles. The van der Waals surface area contributed by atoms with Gasteiger partial charge in [-0.15, -0.1) is 0 Å². The summed E-state index contributed by atoms with van der Waals surface area (Å²) in [4.78, 5) is 4.50. The fraction of sp³-hybridized carbons (Fsp3) is 0.250. The Kier molecular flexibility index (Phi) is 1.20. The van der Waals surface area contributed by atoms with Crippen LogP contribution in [0.15, 0.2) is 18.5 Å². The molecular weight excluding hydrogens is 170 g/mol. The van der Waals surface area contributed by atoms with Crippen molar-refractivity contribution in [3.8, 4) is 0 Å². The van der Waals surface area contributed by atoms with E-state index in [1.54, 1.807) is 6.20 Å². The van der Waals surface area contributed by atoms with Gasteiger partial charge >= 0.3 is 0 Å². The second-order valence-corrected chi connectivity index (χ2v) is 3.83. The van der Waals surface area contributed by atoms with Crippen molar-refractivity contribution in [1.82, 2.24) is 14.6 Å². The Morgan fingerprint density at radius 3 is 3.42 bits per heavy atom. The Morgan fingerprint density at radius 1 is 1.42 bits per heavy atom. The van der Waals surface area contributed by atoms with E-state index in [0.29, 0.717) is 0 Å². The summed E-state index contributed by atoms with van der Waals surface area (Å²) >= 11 is 1.91. The molecule has 2 aromatic rings. The van der Waals surface area contributed by atoms with Crippen LogP contribution in [0.5, 0.6) is 0 Å². The zero-order valence-corrected chi connectivity index (χ0v) is 7.21. The molecule has 0 radical (unpaired) electrons. The Bertz CT molecular complexity index is 397. The minimum absolute atomic E-state index is 0.955. The summed E-state index contributed by atoms with van der Waals surface area (Å²) in [5.41, 5.74) is 3.51. The lowest BCUT2D eigenvalue weighted by Gasteiger charge is -1.97. The number of hydrogen-bond donors (Lipinski definition) is 0. The zero-order valence-electron chi connectivity index (χ0n) is 6.40. The summed E-state index contributed by atoms with van der Waals surface area (Å²) in [6.45, 7) is 0. The molecule has 0 N–H and O–H groups in total. The van der Waals surface area contributed by atoms with Gasteiger partial charge in [-0.3, -0.25) is 0 Å². The van der Waals surface area contributed by atoms with Crippen molar-refractivity contribution < 1.29 is 0 Å². The number of rotatable bonds is 0. The van der Waals surface area contributed by atoms with Crippen LogP contribution in [0.3, 0.4) is 0 Å². The van der Waals surface area contributed by atoms with Gasteiger partial charge in [-0.1, -0.05) is 0 Å². The highest BCUT2D eigenvalue weighted by molar-refractivity contribution is 7.98. The van der Waals surface area contributed by atoms with E-state index in [1.165, 1.54) is 11.3 Å². The maximum atomic E-state index is 4.50. The van der Waals surface area contributed by atoms with Crippen LogP contribution in [0, 0.1) is 0 Å². The number of thioether (sulfide) groups is 1. The summed E-state index contributed by atoms with van der Waals surface area (Å²) in [5.74, 6) is 2.13. The lowest BCUT2D eigenvalue weighted by Crippen LogP contribution is -1.95. The largest absolute Gasteiger partial charge is 0.232 e. The minimum atomic E-state index is 0.955. The van der Waals surface area contributed by atoms with Gasteiger partial charge in [0.15, 0.2) is 5.65 Å². The van der Waals surface area contributed by atoms with Crippen LogP contribution >= 0.6 is 11.8 Å². The van der Waals surface area contributed by atoms with Gasteiger partial charge in [0.05, 0.1) is 11.9 Å². The van der Waals surface area contributed by atoms with Gasteiger partial charge in [0, 0.05) is 29.3 Å². The van der Waals surface area contributed by atoms with Gasteiger partial charge < -0.3 is 0 Å². The molecule has 0 bridgehead atoms. The molecule has 0 amide bonds. The second kappa shape index (κ2) is 2.23. The summed E-state index contributed by atoms with van der Waals surface area (Å²) in [6.07, 6.45) is 3.86. The third-order valence-corrected chi connectivity index (χ3v) is 3.04. The smallest absolute Gasteiger partial charge is 0.155 e. The third-order valence-electron chi connectivity index (χ3n) is 2.04. The van der Waals surface area contributed by atoms with Gasteiger partial charge in [0.25, 0.3) is 0 Å². The van der Waals surface area contributed by atoms with Crippen molar-refractivity contribution in [2.45, 2.75) is 11.5 Å². The van der Waals surface area contributed by atoms with Gasteiger partial charge in [-0.2, -0.15) is 16.9 Å². The van der Waals surface area contributed by atoms with Crippen LogP contribution in [-0.4, -0.2) is 14.6 Å². The monoisotopic (exact) mass is 177 g/mol. The SMILES string of the molecule is c1cc2nc3c(cn2n1)CSC3. The van der Waals surface area contributed by atoms with Gasteiger partial charge in [0.1, 0.15) is 0 Å². The van der Waals surface area contributed by atoms with Crippen molar-refractivity contribution in [3.05, 3.63) is 29.7 Å². The van der Waals surface area contributed by atoms with Crippen LogP contribution in [0.2, 0.25) is 0 Å². The van der Waals surface area contributed by atoms with Crippen LogP contribution in [0.25, 0.3) is 5.65 Å². The highest BCUT2D eigenvalue weighted by atomic mass is 32.2. The summed E-state index contributed by atoms with van der Waals surface area (Å²) < 4.78 is 1.84. The predicted molar refractivity (Wildman–Crippen MR) is 48.0 cm³/mol. The summed E-state index contributed by atoms with van der Waals surface area (Å²) in [6, 6.07) is 1.93. The van der Waals surface area contributed by atoms with Gasteiger partial charge in [-0.05, 0) is 0 Å². The molecule has 1 aliphatic rings. The molecule has 1 aliphatic heterocycles. The van der Waals surface area contributed by atoms with Gasteiger partial charge in [0.2, 0.25) is 0 Å². The van der Waals surface area contributed by atoms with E-state index in [0.717, 1.165) is 17.2 Å². The molecule has 0 saturated heterocycles. The lowest BCUT2D eigenvalue weighted by molar-refractivity contribution is 0.916. The van der Waals surface area contributed by atoms with E-state index in [4.69, 9.17) is 0 Å². The fourth-order valence-corrected chi connectivity index (χ4v) is 2.44. The standard InChI is InChI=1S/C8H7N3S/c1-2-9-11-3-6-4-12-5-7(6)10-8(1)11/h1-3H,4-5H2. The molecular formula is C8H7N3S. The second-order valence-electron chi connectivity index (χ2n) is 2.84. The first-order valence-electron chi connectivity index (χ1n) is 3.83. The molecule has 3 rings (SSSR count). The molecule has 3 heterocycles. The lowest BCUT2D eigenvalue weighted by atomic mass is 10.3. The van der Waals surface area contributed by atoms with E-state index in [2.05, 4.69) is 16.3 Å². The summed E-state index contributed by atoms with van der Waals surface area (Å²) in [5, 5.41) is 4.14. The zero-order chi connectivity index (χ0) is 7.97. The summed E-state index contributed by atoms with van der Waals surface area (Å²) in [7, 11) is 0. The van der Waals surface area contributed by atoms with Gasteiger partial charge in [-0.25, -0.2) is 9.50 Å². The molecule has 0 unspecified atom stereocenters. The molecule has 60 valence electrons. The quantitative estimate of drug-likeness (QED) is 0.610. The Labute approximate surface area is 73.8 Å². The van der Waals surface area contributed by atoms with Crippen LogP contribution in [0.4, 0.5) is 0 Å². The van der Waals surface area contributed by atoms with E-state index >= 15 is 0 Å². The van der Waals surface area contributed by atoms with E-state index < -0.39 is 0 Å². The van der Waals surface area contributed by atoms with Crippen molar-refractivity contribution in [2.24, 2.45) is 0 Å². The third kappa shape index (κ3) is 0.783. The molecule has 0 saturated carbocycles. The van der Waals surface area contributed by atoms with Crippen molar-refractivity contribution in [3.63, 3.8) is 0 Å². The van der Waals surface area contributed by atoms with Crippen LogP contribution < -0.4 is 0 Å². The molecule has 0 aliphatic carbocycles. The minimum Gasteiger partial charge on any atom is -0.232 e. The first kappa shape index (κ1) is 6.48. The number of hydrogen-bond acceptors (Lipinski definition) is 3. The average molecular weight is 177 g/mol. The first-order chi connectivity index (χ1) is 5.93. The van der Waals surface area contributed by atoms with Crippen molar-refractivity contribution in [1.29, 1.82) is 0 Å². The molecule has 0 aromatic carbocycles. The predicted octanol–water partition coefficient (Wildman–Crippen LogP) is 1.48. The molecule has 0 atom stereocenters. The maximum absolute atomic E-state index is 4.50. The van der Waals surface area contributed by atoms with E-state index in [-0.39, 0.29) is 0 Å². The molecule has 12 heavy (non-hydrogen) atoms. The molecule has 4 heteroatoms. The Balaban J connectivity index is 2.38. The van der Waals surface area contributed by atoms with E-state index in [9.17, 15) is 0 Å². The number of aromatic nitrogens is 3. The Morgan fingerprint density at radius 2 is 2.42 bits per heavy atom. The fourth-order valence-electron chi connectivity index (χ4n) is 1.43. The maximum Gasteiger partial charge on any atom is 0.155 e. The normalized spacial score (nSPS) is 15.3. The molecule has 0 fully saturated rings. The molecule has 3 nitrogen and oxygen atoms in total. The van der Waals surface area contributed by atoms with Crippen LogP contribution in [0.1, 0.15) is 11.3 Å². The average Bonchev–Trinajstić information content (AvgIpc) is 2.64. The highest BCUT2D eigenvalue weighted by Crippen LogP contribution is 2.27. The first-order valence-corrected chi connectivity index (χ1v) is 4.99. The highest BCUT2D eigenvalue weighted by Gasteiger charge is 2.13. The topological polar surface area (TPSA) is 30.2 Å².